The molecule has 0 aliphatic rings. The summed E-state index contributed by atoms with van der Waals surface area (Å²) in [6.07, 6.45) is 0.0923. The van der Waals surface area contributed by atoms with Gasteiger partial charge in [0.25, 0.3) is 5.91 Å². The van der Waals surface area contributed by atoms with Gasteiger partial charge in [0.2, 0.25) is 5.91 Å². The summed E-state index contributed by atoms with van der Waals surface area (Å²) >= 11 is 0. The zero-order valence-corrected chi connectivity index (χ0v) is 17.6. The number of ether oxygens (including phenoxy) is 1. The molecule has 0 aromatic heterocycles. The lowest BCUT2D eigenvalue weighted by molar-refractivity contribution is -0.139. The molecule has 3 N–H and O–H groups in total. The number of carboxylic acids is 1. The van der Waals surface area contributed by atoms with E-state index in [1.165, 1.54) is 13.0 Å². The SMILES string of the molecule is CC(=O)Nc1cccc(C(=O)N[C@H](Cc2cccc(OCc3ccccc3)c2)C(=O)O)c1. The Hall–Kier alpha value is -4.13. The zero-order chi connectivity index (χ0) is 22.9. The highest BCUT2D eigenvalue weighted by Crippen LogP contribution is 2.17. The predicted molar refractivity (Wildman–Crippen MR) is 121 cm³/mol. The summed E-state index contributed by atoms with van der Waals surface area (Å²) in [4.78, 5) is 35.6. The molecular formula is C25H24N2O5. The molecule has 0 saturated carbocycles. The van der Waals surface area contributed by atoms with E-state index in [0.29, 0.717) is 18.0 Å². The number of amides is 2. The van der Waals surface area contributed by atoms with Gasteiger partial charge in [0.05, 0.1) is 0 Å². The van der Waals surface area contributed by atoms with Gasteiger partial charge in [0, 0.05) is 24.6 Å². The minimum atomic E-state index is -1.15. The zero-order valence-electron chi connectivity index (χ0n) is 17.6. The van der Waals surface area contributed by atoms with Gasteiger partial charge in [0.1, 0.15) is 18.4 Å². The van der Waals surface area contributed by atoms with Crippen LogP contribution in [0, 0.1) is 0 Å². The van der Waals surface area contributed by atoms with Crippen LogP contribution < -0.4 is 15.4 Å². The first-order valence-corrected chi connectivity index (χ1v) is 10.1. The molecule has 0 heterocycles. The minimum absolute atomic E-state index is 0.0923. The van der Waals surface area contributed by atoms with Crippen LogP contribution >= 0.6 is 0 Å². The molecule has 3 aromatic rings. The molecular weight excluding hydrogens is 408 g/mol. The monoisotopic (exact) mass is 432 g/mol. The topological polar surface area (TPSA) is 105 Å². The van der Waals surface area contributed by atoms with Crippen molar-refractivity contribution < 1.29 is 24.2 Å². The van der Waals surface area contributed by atoms with Gasteiger partial charge in [-0.1, -0.05) is 48.5 Å². The Morgan fingerprint density at radius 3 is 2.34 bits per heavy atom. The minimum Gasteiger partial charge on any atom is -0.489 e. The first-order chi connectivity index (χ1) is 15.4. The Bertz CT molecular complexity index is 1100. The molecule has 164 valence electrons. The van der Waals surface area contributed by atoms with E-state index in [0.717, 1.165) is 11.1 Å². The Labute approximate surface area is 186 Å². The molecule has 3 aromatic carbocycles. The van der Waals surface area contributed by atoms with E-state index in [1.807, 2.05) is 30.3 Å². The Balaban J connectivity index is 1.66. The first kappa shape index (κ1) is 22.6. The smallest absolute Gasteiger partial charge is 0.326 e. The van der Waals surface area contributed by atoms with Crippen LogP contribution in [0.25, 0.3) is 0 Å². The van der Waals surface area contributed by atoms with E-state index in [2.05, 4.69) is 10.6 Å². The lowest BCUT2D eigenvalue weighted by Crippen LogP contribution is -2.42. The highest BCUT2D eigenvalue weighted by Gasteiger charge is 2.21. The van der Waals surface area contributed by atoms with E-state index >= 15 is 0 Å². The summed E-state index contributed by atoms with van der Waals surface area (Å²) in [6.45, 7) is 1.76. The maximum atomic E-state index is 12.6. The molecule has 0 fully saturated rings. The molecule has 0 saturated heterocycles. The number of anilines is 1. The molecule has 3 rings (SSSR count). The number of hydrogen-bond donors (Lipinski definition) is 3. The van der Waals surface area contributed by atoms with Gasteiger partial charge >= 0.3 is 5.97 Å². The number of carbonyl (C=O) groups excluding carboxylic acids is 2. The number of carboxylic acid groups (broad SMARTS) is 1. The average Bonchev–Trinajstić information content (AvgIpc) is 2.78. The van der Waals surface area contributed by atoms with Crippen LogP contribution in [0.15, 0.2) is 78.9 Å². The van der Waals surface area contributed by atoms with Crippen LogP contribution in [0.1, 0.15) is 28.4 Å². The second-order valence-electron chi connectivity index (χ2n) is 7.25. The normalized spacial score (nSPS) is 11.3. The lowest BCUT2D eigenvalue weighted by atomic mass is 10.0. The maximum absolute atomic E-state index is 12.6. The Morgan fingerprint density at radius 2 is 1.62 bits per heavy atom. The summed E-state index contributed by atoms with van der Waals surface area (Å²) in [5.41, 5.74) is 2.45. The molecule has 0 spiro atoms. The van der Waals surface area contributed by atoms with Crippen molar-refractivity contribution in [1.29, 1.82) is 0 Å². The Morgan fingerprint density at radius 1 is 0.906 bits per heavy atom. The number of benzene rings is 3. The average molecular weight is 432 g/mol. The molecule has 7 nitrogen and oxygen atoms in total. The molecule has 7 heteroatoms. The molecule has 1 atom stereocenters. The maximum Gasteiger partial charge on any atom is 0.326 e. The van der Waals surface area contributed by atoms with Crippen molar-refractivity contribution in [3.05, 3.63) is 95.6 Å². The number of nitrogens with one attached hydrogen (secondary N) is 2. The molecule has 0 aliphatic carbocycles. The van der Waals surface area contributed by atoms with Crippen molar-refractivity contribution in [3.8, 4) is 5.75 Å². The van der Waals surface area contributed by atoms with E-state index < -0.39 is 17.9 Å². The van der Waals surface area contributed by atoms with Crippen molar-refractivity contribution in [1.82, 2.24) is 5.32 Å². The van der Waals surface area contributed by atoms with E-state index in [-0.39, 0.29) is 17.9 Å². The van der Waals surface area contributed by atoms with Gasteiger partial charge in [-0.15, -0.1) is 0 Å². The van der Waals surface area contributed by atoms with Gasteiger partial charge in [-0.25, -0.2) is 4.79 Å². The van der Waals surface area contributed by atoms with E-state index in [4.69, 9.17) is 4.74 Å². The predicted octanol–water partition coefficient (Wildman–Crippen LogP) is 3.65. The van der Waals surface area contributed by atoms with Crippen molar-refractivity contribution in [2.75, 3.05) is 5.32 Å². The first-order valence-electron chi connectivity index (χ1n) is 10.1. The van der Waals surface area contributed by atoms with Gasteiger partial charge in [-0.2, -0.15) is 0 Å². The second kappa shape index (κ2) is 10.8. The van der Waals surface area contributed by atoms with Crippen molar-refractivity contribution in [2.45, 2.75) is 26.0 Å². The molecule has 2 amide bonds. The van der Waals surface area contributed by atoms with Gasteiger partial charge in [0.15, 0.2) is 0 Å². The van der Waals surface area contributed by atoms with Crippen LogP contribution in [0.3, 0.4) is 0 Å². The molecule has 0 radical (unpaired) electrons. The number of carbonyl (C=O) groups is 3. The summed E-state index contributed by atoms with van der Waals surface area (Å²) in [6, 6.07) is 22.0. The van der Waals surface area contributed by atoms with Gasteiger partial charge in [-0.05, 0) is 41.5 Å². The van der Waals surface area contributed by atoms with Crippen LogP contribution in [-0.4, -0.2) is 28.9 Å². The standard InChI is InChI=1S/C25H24N2O5/c1-17(28)26-21-11-6-10-20(15-21)24(29)27-23(25(30)31)14-19-9-5-12-22(13-19)32-16-18-7-3-2-4-8-18/h2-13,15,23H,14,16H2,1H3,(H,26,28)(H,27,29)(H,30,31)/t23-/m1/s1. The van der Waals surface area contributed by atoms with Crippen LogP contribution in [-0.2, 0) is 22.6 Å². The van der Waals surface area contributed by atoms with Crippen molar-refractivity contribution in [3.63, 3.8) is 0 Å². The molecule has 0 unspecified atom stereocenters. The van der Waals surface area contributed by atoms with Crippen molar-refractivity contribution in [2.24, 2.45) is 0 Å². The summed E-state index contributed by atoms with van der Waals surface area (Å²) in [5.74, 6) is -1.33. The van der Waals surface area contributed by atoms with Crippen LogP contribution in [0.4, 0.5) is 5.69 Å². The highest BCUT2D eigenvalue weighted by atomic mass is 16.5. The second-order valence-corrected chi connectivity index (χ2v) is 7.25. The molecule has 0 bridgehead atoms. The third kappa shape index (κ3) is 6.70. The quantitative estimate of drug-likeness (QED) is 0.479. The third-order valence-corrected chi connectivity index (χ3v) is 4.64. The number of rotatable bonds is 9. The summed E-state index contributed by atoms with van der Waals surface area (Å²) in [7, 11) is 0. The Kier molecular flexibility index (Phi) is 7.59. The van der Waals surface area contributed by atoms with Crippen molar-refractivity contribution >= 4 is 23.5 Å². The molecule has 32 heavy (non-hydrogen) atoms. The largest absolute Gasteiger partial charge is 0.489 e. The fourth-order valence-corrected chi connectivity index (χ4v) is 3.12. The fraction of sp³-hybridized carbons (Fsp3) is 0.160. The van der Waals surface area contributed by atoms with Crippen LogP contribution in [0.5, 0.6) is 5.75 Å². The van der Waals surface area contributed by atoms with E-state index in [1.54, 1.807) is 42.5 Å². The number of aliphatic carboxylic acids is 1. The van der Waals surface area contributed by atoms with Crippen LogP contribution in [0.2, 0.25) is 0 Å². The lowest BCUT2D eigenvalue weighted by Gasteiger charge is -2.16. The highest BCUT2D eigenvalue weighted by molar-refractivity contribution is 5.98. The van der Waals surface area contributed by atoms with Gasteiger partial charge in [-0.3, -0.25) is 9.59 Å². The summed E-state index contributed by atoms with van der Waals surface area (Å²) in [5, 5.41) is 14.8. The molecule has 0 aliphatic heterocycles. The third-order valence-electron chi connectivity index (χ3n) is 4.64. The van der Waals surface area contributed by atoms with Gasteiger partial charge < -0.3 is 20.5 Å². The number of hydrogen-bond acceptors (Lipinski definition) is 4. The van der Waals surface area contributed by atoms with E-state index in [9.17, 15) is 19.5 Å². The summed E-state index contributed by atoms with van der Waals surface area (Å²) < 4.78 is 5.80. The fourth-order valence-electron chi connectivity index (χ4n) is 3.12.